The van der Waals surface area contributed by atoms with Crippen LogP contribution in [-0.2, 0) is 11.3 Å². The van der Waals surface area contributed by atoms with Crippen LogP contribution in [0, 0.1) is 11.3 Å². The standard InChI is InChI=1S/C8H11N5O/c9-2-1-3-11-8(14)6-13-5-7(10)4-12-13/h4-5H,1,3,6,10H2,(H,11,14). The molecule has 6 heteroatoms. The molecular formula is C8H11N5O. The van der Waals surface area contributed by atoms with Gasteiger partial charge in [0.25, 0.3) is 0 Å². The van der Waals surface area contributed by atoms with Crippen molar-refractivity contribution in [1.29, 1.82) is 5.26 Å². The number of carbonyl (C=O) groups is 1. The maximum atomic E-state index is 11.2. The first-order chi connectivity index (χ1) is 6.72. The highest BCUT2D eigenvalue weighted by Gasteiger charge is 2.02. The molecule has 1 heterocycles. The quantitative estimate of drug-likeness (QED) is 0.629. The number of nitrogens with zero attached hydrogens (tertiary/aromatic N) is 3. The van der Waals surface area contributed by atoms with E-state index in [-0.39, 0.29) is 12.5 Å². The molecular weight excluding hydrogens is 182 g/mol. The van der Waals surface area contributed by atoms with Gasteiger partial charge >= 0.3 is 0 Å². The Morgan fingerprint density at radius 2 is 2.57 bits per heavy atom. The third-order valence-corrected chi connectivity index (χ3v) is 1.52. The normalized spacial score (nSPS) is 9.36. The fraction of sp³-hybridized carbons (Fsp3) is 0.375. The van der Waals surface area contributed by atoms with Gasteiger partial charge in [0, 0.05) is 12.7 Å². The van der Waals surface area contributed by atoms with Gasteiger partial charge in [-0.15, -0.1) is 0 Å². The number of nitriles is 1. The molecule has 0 aromatic carbocycles. The van der Waals surface area contributed by atoms with Crippen molar-refractivity contribution in [3.05, 3.63) is 12.4 Å². The molecule has 1 aromatic heterocycles. The summed E-state index contributed by atoms with van der Waals surface area (Å²) in [6.45, 7) is 0.495. The molecule has 1 aromatic rings. The highest BCUT2D eigenvalue weighted by molar-refractivity contribution is 5.75. The summed E-state index contributed by atoms with van der Waals surface area (Å²) in [6, 6.07) is 1.93. The molecule has 0 spiro atoms. The van der Waals surface area contributed by atoms with Crippen LogP contribution in [-0.4, -0.2) is 22.2 Å². The lowest BCUT2D eigenvalue weighted by molar-refractivity contribution is -0.121. The molecule has 1 rings (SSSR count). The van der Waals surface area contributed by atoms with Crippen molar-refractivity contribution in [2.24, 2.45) is 0 Å². The Balaban J connectivity index is 2.31. The van der Waals surface area contributed by atoms with Crippen LogP contribution in [0.2, 0.25) is 0 Å². The number of nitrogens with one attached hydrogen (secondary N) is 1. The van der Waals surface area contributed by atoms with Gasteiger partial charge in [-0.05, 0) is 0 Å². The Kier molecular flexibility index (Phi) is 3.49. The first-order valence-electron chi connectivity index (χ1n) is 4.14. The number of aromatic nitrogens is 2. The van der Waals surface area contributed by atoms with Gasteiger partial charge in [0.05, 0.1) is 24.4 Å². The average Bonchev–Trinajstić information content (AvgIpc) is 2.52. The van der Waals surface area contributed by atoms with Crippen LogP contribution >= 0.6 is 0 Å². The van der Waals surface area contributed by atoms with Gasteiger partial charge < -0.3 is 11.1 Å². The molecule has 0 saturated carbocycles. The summed E-state index contributed by atoms with van der Waals surface area (Å²) in [5, 5.41) is 14.7. The zero-order valence-electron chi connectivity index (χ0n) is 7.60. The molecule has 0 aliphatic heterocycles. The first kappa shape index (κ1) is 10.1. The molecule has 14 heavy (non-hydrogen) atoms. The summed E-state index contributed by atoms with van der Waals surface area (Å²) in [6.07, 6.45) is 3.36. The minimum absolute atomic E-state index is 0.128. The van der Waals surface area contributed by atoms with Gasteiger partial charge in [0.15, 0.2) is 0 Å². The molecule has 6 nitrogen and oxygen atoms in total. The fourth-order valence-electron chi connectivity index (χ4n) is 0.927. The van der Waals surface area contributed by atoms with Crippen molar-refractivity contribution >= 4 is 11.6 Å². The molecule has 0 saturated heterocycles. The summed E-state index contributed by atoms with van der Waals surface area (Å²) >= 11 is 0. The van der Waals surface area contributed by atoms with Crippen LogP contribution in [0.1, 0.15) is 6.42 Å². The molecule has 0 aliphatic carbocycles. The molecule has 74 valence electrons. The number of rotatable bonds is 4. The summed E-state index contributed by atoms with van der Waals surface area (Å²) in [7, 11) is 0. The van der Waals surface area contributed by atoms with Gasteiger partial charge in [-0.3, -0.25) is 9.48 Å². The Hall–Kier alpha value is -2.03. The third-order valence-electron chi connectivity index (χ3n) is 1.52. The fourth-order valence-corrected chi connectivity index (χ4v) is 0.927. The maximum absolute atomic E-state index is 11.2. The molecule has 3 N–H and O–H groups in total. The lowest BCUT2D eigenvalue weighted by Gasteiger charge is -2.01. The lowest BCUT2D eigenvalue weighted by atomic mass is 10.4. The topological polar surface area (TPSA) is 96.7 Å². The average molecular weight is 193 g/mol. The van der Waals surface area contributed by atoms with E-state index in [0.29, 0.717) is 18.7 Å². The molecule has 0 bridgehead atoms. The number of nitrogen functional groups attached to an aromatic ring is 1. The molecule has 0 fully saturated rings. The second kappa shape index (κ2) is 4.87. The molecule has 0 aliphatic rings. The van der Waals surface area contributed by atoms with E-state index >= 15 is 0 Å². The third kappa shape index (κ3) is 3.15. The summed E-state index contributed by atoms with van der Waals surface area (Å²) in [5.74, 6) is -0.177. The van der Waals surface area contributed by atoms with Crippen LogP contribution in [0.15, 0.2) is 12.4 Å². The number of amides is 1. The van der Waals surface area contributed by atoms with Gasteiger partial charge in [0.2, 0.25) is 5.91 Å². The molecule has 0 atom stereocenters. The van der Waals surface area contributed by atoms with E-state index in [1.807, 2.05) is 6.07 Å². The van der Waals surface area contributed by atoms with Gasteiger partial charge in [0.1, 0.15) is 6.54 Å². The van der Waals surface area contributed by atoms with Crippen molar-refractivity contribution in [1.82, 2.24) is 15.1 Å². The van der Waals surface area contributed by atoms with E-state index < -0.39 is 0 Å². The first-order valence-corrected chi connectivity index (χ1v) is 4.14. The number of nitrogens with two attached hydrogens (primary N) is 1. The predicted octanol–water partition coefficient (Wildman–Crippen LogP) is -0.505. The molecule has 0 radical (unpaired) electrons. The van der Waals surface area contributed by atoms with Crippen molar-refractivity contribution < 1.29 is 4.79 Å². The van der Waals surface area contributed by atoms with E-state index in [4.69, 9.17) is 11.0 Å². The molecule has 0 unspecified atom stereocenters. The van der Waals surface area contributed by atoms with Crippen LogP contribution < -0.4 is 11.1 Å². The van der Waals surface area contributed by atoms with Crippen LogP contribution in [0.25, 0.3) is 0 Å². The smallest absolute Gasteiger partial charge is 0.241 e. The van der Waals surface area contributed by atoms with Crippen LogP contribution in [0.3, 0.4) is 0 Å². The van der Waals surface area contributed by atoms with Crippen molar-refractivity contribution in [2.45, 2.75) is 13.0 Å². The summed E-state index contributed by atoms with van der Waals surface area (Å²) in [5.41, 5.74) is 5.94. The maximum Gasteiger partial charge on any atom is 0.241 e. The Morgan fingerprint density at radius 1 is 1.79 bits per heavy atom. The van der Waals surface area contributed by atoms with Crippen LogP contribution in [0.5, 0.6) is 0 Å². The van der Waals surface area contributed by atoms with Gasteiger partial charge in [-0.25, -0.2) is 0 Å². The van der Waals surface area contributed by atoms with Crippen molar-refractivity contribution in [3.63, 3.8) is 0 Å². The SMILES string of the molecule is N#CCCNC(=O)Cn1cc(N)cn1. The lowest BCUT2D eigenvalue weighted by Crippen LogP contribution is -2.28. The Bertz CT molecular complexity index is 351. The minimum atomic E-state index is -0.177. The number of anilines is 1. The van der Waals surface area contributed by atoms with Crippen molar-refractivity contribution in [3.8, 4) is 6.07 Å². The van der Waals surface area contributed by atoms with E-state index in [0.717, 1.165) is 0 Å². The predicted molar refractivity (Wildman–Crippen MR) is 49.9 cm³/mol. The monoisotopic (exact) mass is 193 g/mol. The number of hydrogen-bond donors (Lipinski definition) is 2. The number of hydrogen-bond acceptors (Lipinski definition) is 4. The van der Waals surface area contributed by atoms with Crippen molar-refractivity contribution in [2.75, 3.05) is 12.3 Å². The number of carbonyl (C=O) groups excluding carboxylic acids is 1. The zero-order chi connectivity index (χ0) is 10.4. The van der Waals surface area contributed by atoms with Crippen LogP contribution in [0.4, 0.5) is 5.69 Å². The largest absolute Gasteiger partial charge is 0.396 e. The Morgan fingerprint density at radius 3 is 3.14 bits per heavy atom. The highest BCUT2D eigenvalue weighted by Crippen LogP contribution is 1.96. The summed E-state index contributed by atoms with van der Waals surface area (Å²) < 4.78 is 1.44. The zero-order valence-corrected chi connectivity index (χ0v) is 7.60. The molecule has 1 amide bonds. The second-order valence-corrected chi connectivity index (χ2v) is 2.73. The second-order valence-electron chi connectivity index (χ2n) is 2.73. The minimum Gasteiger partial charge on any atom is -0.396 e. The van der Waals surface area contributed by atoms with Gasteiger partial charge in [-0.1, -0.05) is 0 Å². The Labute approximate surface area is 81.3 Å². The van der Waals surface area contributed by atoms with E-state index in [1.54, 1.807) is 6.20 Å². The van der Waals surface area contributed by atoms with E-state index in [1.165, 1.54) is 10.9 Å². The summed E-state index contributed by atoms with van der Waals surface area (Å²) in [4.78, 5) is 11.2. The van der Waals surface area contributed by atoms with E-state index in [2.05, 4.69) is 10.4 Å². The van der Waals surface area contributed by atoms with Gasteiger partial charge in [-0.2, -0.15) is 10.4 Å². The highest BCUT2D eigenvalue weighted by atomic mass is 16.2. The van der Waals surface area contributed by atoms with E-state index in [9.17, 15) is 4.79 Å².